The predicted molar refractivity (Wildman–Crippen MR) is 66.8 cm³/mol. The molecule has 2 aromatic heterocycles. The number of rotatable bonds is 4. The van der Waals surface area contributed by atoms with Crippen molar-refractivity contribution >= 4 is 29.1 Å². The third-order valence-electron chi connectivity index (χ3n) is 2.30. The van der Waals surface area contributed by atoms with Gasteiger partial charge in [0.1, 0.15) is 10.6 Å². The summed E-state index contributed by atoms with van der Waals surface area (Å²) in [5.41, 5.74) is 1.68. The van der Waals surface area contributed by atoms with Gasteiger partial charge in [-0.25, -0.2) is 9.78 Å². The van der Waals surface area contributed by atoms with E-state index in [2.05, 4.69) is 4.98 Å². The minimum Gasteiger partial charge on any atom is -0.477 e. The molecule has 0 amide bonds. The number of hydrogen-bond acceptors (Lipinski definition) is 5. The largest absolute Gasteiger partial charge is 0.477 e. The van der Waals surface area contributed by atoms with Gasteiger partial charge in [-0.2, -0.15) is 0 Å². The number of aromatic nitrogens is 1. The summed E-state index contributed by atoms with van der Waals surface area (Å²) in [6.45, 7) is 3.75. The first-order chi connectivity index (χ1) is 8.08. The van der Waals surface area contributed by atoms with Crippen LogP contribution in [0.1, 0.15) is 26.7 Å². The van der Waals surface area contributed by atoms with Crippen LogP contribution in [0.15, 0.2) is 21.1 Å². The number of aromatic carboxylic acids is 1. The van der Waals surface area contributed by atoms with Crippen LogP contribution in [0.5, 0.6) is 0 Å². The second kappa shape index (κ2) is 4.93. The van der Waals surface area contributed by atoms with E-state index in [0.717, 1.165) is 17.0 Å². The molecular weight excluding hydrogens is 258 g/mol. The summed E-state index contributed by atoms with van der Waals surface area (Å²) >= 11 is 2.65. The molecule has 17 heavy (non-hydrogen) atoms. The standard InChI is InChI=1S/C11H11NO3S2/c1-6-7(2)15-11(12-6)17-5-8-3-4-16-9(8)10(13)14/h3-4H,5H2,1-2H3,(H,13,14). The summed E-state index contributed by atoms with van der Waals surface area (Å²) in [6, 6.07) is 1.82. The average molecular weight is 269 g/mol. The molecular formula is C11H11NO3S2. The molecule has 0 spiro atoms. The molecule has 2 heterocycles. The van der Waals surface area contributed by atoms with E-state index in [1.807, 2.05) is 19.9 Å². The molecule has 0 aliphatic carbocycles. The fourth-order valence-corrected chi connectivity index (χ4v) is 3.04. The molecule has 6 heteroatoms. The minimum atomic E-state index is -0.879. The number of thiophene rings is 1. The van der Waals surface area contributed by atoms with Gasteiger partial charge in [-0.3, -0.25) is 0 Å². The zero-order chi connectivity index (χ0) is 12.4. The van der Waals surface area contributed by atoms with Crippen LogP contribution in [0, 0.1) is 13.8 Å². The Morgan fingerprint density at radius 2 is 2.35 bits per heavy atom. The molecule has 0 saturated carbocycles. The fourth-order valence-electron chi connectivity index (χ4n) is 1.28. The first kappa shape index (κ1) is 12.2. The van der Waals surface area contributed by atoms with E-state index in [4.69, 9.17) is 9.52 Å². The van der Waals surface area contributed by atoms with E-state index in [1.165, 1.54) is 23.1 Å². The number of aryl methyl sites for hydroxylation is 2. The summed E-state index contributed by atoms with van der Waals surface area (Å²) < 4.78 is 5.42. The second-order valence-electron chi connectivity index (χ2n) is 3.49. The quantitative estimate of drug-likeness (QED) is 0.862. The topological polar surface area (TPSA) is 63.3 Å². The van der Waals surface area contributed by atoms with Gasteiger partial charge in [0, 0.05) is 5.75 Å². The van der Waals surface area contributed by atoms with Crippen LogP contribution in [-0.2, 0) is 5.75 Å². The van der Waals surface area contributed by atoms with Crippen molar-refractivity contribution in [3.8, 4) is 0 Å². The van der Waals surface area contributed by atoms with Crippen LogP contribution in [0.25, 0.3) is 0 Å². The molecule has 4 nitrogen and oxygen atoms in total. The lowest BCUT2D eigenvalue weighted by molar-refractivity contribution is 0.0701. The van der Waals surface area contributed by atoms with Gasteiger partial charge in [-0.1, -0.05) is 11.8 Å². The predicted octanol–water partition coefficient (Wildman–Crippen LogP) is 3.34. The van der Waals surface area contributed by atoms with Crippen molar-refractivity contribution in [2.75, 3.05) is 0 Å². The van der Waals surface area contributed by atoms with Gasteiger partial charge in [0.15, 0.2) is 0 Å². The fraction of sp³-hybridized carbons (Fsp3) is 0.273. The van der Waals surface area contributed by atoms with Crippen molar-refractivity contribution in [3.05, 3.63) is 33.3 Å². The lowest BCUT2D eigenvalue weighted by Crippen LogP contribution is -1.96. The highest BCUT2D eigenvalue weighted by Gasteiger charge is 2.13. The summed E-state index contributed by atoms with van der Waals surface area (Å²) in [6.07, 6.45) is 0. The van der Waals surface area contributed by atoms with Crippen molar-refractivity contribution in [1.82, 2.24) is 4.98 Å². The molecule has 0 aliphatic rings. The molecule has 0 unspecified atom stereocenters. The smallest absolute Gasteiger partial charge is 0.346 e. The zero-order valence-corrected chi connectivity index (χ0v) is 11.0. The Morgan fingerprint density at radius 1 is 1.59 bits per heavy atom. The normalized spacial score (nSPS) is 10.7. The van der Waals surface area contributed by atoms with Gasteiger partial charge in [-0.05, 0) is 30.9 Å². The number of carboxylic acid groups (broad SMARTS) is 1. The van der Waals surface area contributed by atoms with Crippen molar-refractivity contribution < 1.29 is 14.3 Å². The maximum atomic E-state index is 10.9. The van der Waals surface area contributed by atoms with Gasteiger partial charge in [0.05, 0.1) is 5.69 Å². The Balaban J connectivity index is 2.07. The van der Waals surface area contributed by atoms with Gasteiger partial charge in [0.2, 0.25) is 0 Å². The van der Waals surface area contributed by atoms with E-state index in [1.54, 1.807) is 5.38 Å². The SMILES string of the molecule is Cc1nc(SCc2ccsc2C(=O)O)oc1C. The van der Waals surface area contributed by atoms with Gasteiger partial charge >= 0.3 is 5.97 Å². The van der Waals surface area contributed by atoms with Gasteiger partial charge in [-0.15, -0.1) is 11.3 Å². The average Bonchev–Trinajstić information content (AvgIpc) is 2.83. The van der Waals surface area contributed by atoms with E-state index in [0.29, 0.717) is 15.9 Å². The monoisotopic (exact) mass is 269 g/mol. The van der Waals surface area contributed by atoms with Crippen LogP contribution in [-0.4, -0.2) is 16.1 Å². The first-order valence-corrected chi connectivity index (χ1v) is 6.81. The van der Waals surface area contributed by atoms with E-state index < -0.39 is 5.97 Å². The van der Waals surface area contributed by atoms with Crippen LogP contribution in [0.4, 0.5) is 0 Å². The number of carboxylic acids is 1. The van der Waals surface area contributed by atoms with Crippen LogP contribution >= 0.6 is 23.1 Å². The molecule has 0 aromatic carbocycles. The molecule has 0 fully saturated rings. The lowest BCUT2D eigenvalue weighted by Gasteiger charge is -1.97. The third-order valence-corrected chi connectivity index (χ3v) is 4.12. The van der Waals surface area contributed by atoms with Gasteiger partial charge < -0.3 is 9.52 Å². The first-order valence-electron chi connectivity index (χ1n) is 4.94. The highest BCUT2D eigenvalue weighted by Crippen LogP contribution is 2.27. The molecule has 2 aromatic rings. The Kier molecular flexibility index (Phi) is 3.54. The second-order valence-corrected chi connectivity index (χ2v) is 5.33. The maximum absolute atomic E-state index is 10.9. The van der Waals surface area contributed by atoms with E-state index >= 15 is 0 Å². The maximum Gasteiger partial charge on any atom is 0.346 e. The van der Waals surface area contributed by atoms with E-state index in [9.17, 15) is 4.79 Å². The van der Waals surface area contributed by atoms with Gasteiger partial charge in [0.25, 0.3) is 5.22 Å². The zero-order valence-electron chi connectivity index (χ0n) is 9.39. The summed E-state index contributed by atoms with van der Waals surface area (Å²) in [7, 11) is 0. The Morgan fingerprint density at radius 3 is 2.94 bits per heavy atom. The Hall–Kier alpha value is -1.27. The Labute approximate surface area is 107 Å². The van der Waals surface area contributed by atoms with Crippen molar-refractivity contribution in [2.45, 2.75) is 24.8 Å². The summed E-state index contributed by atoms with van der Waals surface area (Å²) in [5.74, 6) is 0.483. The van der Waals surface area contributed by atoms with Crippen molar-refractivity contribution in [3.63, 3.8) is 0 Å². The van der Waals surface area contributed by atoms with Crippen molar-refractivity contribution in [2.24, 2.45) is 0 Å². The molecule has 1 N–H and O–H groups in total. The lowest BCUT2D eigenvalue weighted by atomic mass is 10.3. The molecule has 2 rings (SSSR count). The van der Waals surface area contributed by atoms with Crippen LogP contribution in [0.3, 0.4) is 0 Å². The van der Waals surface area contributed by atoms with E-state index in [-0.39, 0.29) is 0 Å². The highest BCUT2D eigenvalue weighted by atomic mass is 32.2. The molecule has 0 atom stereocenters. The molecule has 0 saturated heterocycles. The number of oxazole rings is 1. The highest BCUT2D eigenvalue weighted by molar-refractivity contribution is 7.98. The summed E-state index contributed by atoms with van der Waals surface area (Å²) in [4.78, 5) is 15.5. The number of hydrogen-bond donors (Lipinski definition) is 1. The summed E-state index contributed by atoms with van der Waals surface area (Å²) in [5, 5.41) is 11.3. The van der Waals surface area contributed by atoms with Crippen LogP contribution in [0.2, 0.25) is 0 Å². The number of thioether (sulfide) groups is 1. The number of nitrogens with zero attached hydrogens (tertiary/aromatic N) is 1. The third kappa shape index (κ3) is 2.70. The molecule has 0 radical (unpaired) electrons. The van der Waals surface area contributed by atoms with Crippen molar-refractivity contribution in [1.29, 1.82) is 0 Å². The molecule has 0 aliphatic heterocycles. The molecule has 0 bridgehead atoms. The Bertz CT molecular complexity index is 525. The molecule has 90 valence electrons. The number of carbonyl (C=O) groups is 1. The van der Waals surface area contributed by atoms with Crippen LogP contribution < -0.4 is 0 Å². The minimum absolute atomic E-state index is 0.387.